The number of aryl methyl sites for hydroxylation is 1. The van der Waals surface area contributed by atoms with Gasteiger partial charge in [-0.1, -0.05) is 46.9 Å². The van der Waals surface area contributed by atoms with Gasteiger partial charge >= 0.3 is 0 Å². The van der Waals surface area contributed by atoms with E-state index in [1.165, 1.54) is 0 Å². The number of nitrogens with zero attached hydrogens (tertiary/aromatic N) is 1. The third kappa shape index (κ3) is 5.01. The molecule has 134 valence electrons. The van der Waals surface area contributed by atoms with Gasteiger partial charge in [-0.25, -0.2) is 4.98 Å². The van der Waals surface area contributed by atoms with Crippen molar-refractivity contribution in [2.24, 2.45) is 0 Å². The number of hydrogen-bond acceptors (Lipinski definition) is 3. The third-order valence-corrected chi connectivity index (χ3v) is 4.52. The smallest absolute Gasteiger partial charge is 0.220 e. The highest BCUT2D eigenvalue weighted by molar-refractivity contribution is 6.36. The number of aromatic nitrogens is 1. The van der Waals surface area contributed by atoms with Gasteiger partial charge in [0.05, 0.1) is 11.2 Å². The van der Waals surface area contributed by atoms with Gasteiger partial charge in [0.25, 0.3) is 0 Å². The van der Waals surface area contributed by atoms with Crippen molar-refractivity contribution in [1.82, 2.24) is 10.3 Å². The molecule has 26 heavy (non-hydrogen) atoms. The Labute approximate surface area is 166 Å². The van der Waals surface area contributed by atoms with Crippen LogP contribution in [-0.4, -0.2) is 10.9 Å². The summed E-state index contributed by atoms with van der Waals surface area (Å²) in [5, 5.41) is 4.56. The summed E-state index contributed by atoms with van der Waals surface area (Å²) in [7, 11) is 0. The number of rotatable bonds is 6. The standard InChI is InChI=1S/C19H15Cl3N2O2/c20-13-3-1-12(2-4-13)10-23-18(25)7-8-19-24-11-17(26-19)15-6-5-14(21)9-16(15)22/h1-6,9,11H,7-8,10H2,(H,23,25). The lowest BCUT2D eigenvalue weighted by Gasteiger charge is -2.04. The highest BCUT2D eigenvalue weighted by Crippen LogP contribution is 2.30. The van der Waals surface area contributed by atoms with Crippen LogP contribution in [0.25, 0.3) is 11.3 Å². The van der Waals surface area contributed by atoms with Crippen LogP contribution in [0.2, 0.25) is 15.1 Å². The van der Waals surface area contributed by atoms with E-state index in [1.54, 1.807) is 36.5 Å². The Bertz CT molecular complexity index is 907. The normalized spacial score (nSPS) is 10.7. The van der Waals surface area contributed by atoms with Gasteiger partial charge in [-0.3, -0.25) is 4.79 Å². The highest BCUT2D eigenvalue weighted by atomic mass is 35.5. The highest BCUT2D eigenvalue weighted by Gasteiger charge is 2.12. The van der Waals surface area contributed by atoms with Crippen LogP contribution in [0.4, 0.5) is 0 Å². The fraction of sp³-hybridized carbons (Fsp3) is 0.158. The molecule has 0 unspecified atom stereocenters. The van der Waals surface area contributed by atoms with Crippen LogP contribution in [0.3, 0.4) is 0 Å². The van der Waals surface area contributed by atoms with Gasteiger partial charge in [0.2, 0.25) is 5.91 Å². The van der Waals surface area contributed by atoms with Crippen LogP contribution in [0.1, 0.15) is 17.9 Å². The summed E-state index contributed by atoms with van der Waals surface area (Å²) in [5.41, 5.74) is 1.69. The summed E-state index contributed by atoms with van der Waals surface area (Å²) in [4.78, 5) is 16.2. The van der Waals surface area contributed by atoms with Crippen LogP contribution >= 0.6 is 34.8 Å². The number of oxazole rings is 1. The van der Waals surface area contributed by atoms with E-state index in [0.29, 0.717) is 45.2 Å². The van der Waals surface area contributed by atoms with Crippen LogP contribution in [0.15, 0.2) is 53.1 Å². The van der Waals surface area contributed by atoms with E-state index in [4.69, 9.17) is 39.2 Å². The van der Waals surface area contributed by atoms with Crippen molar-refractivity contribution in [3.8, 4) is 11.3 Å². The van der Waals surface area contributed by atoms with Crippen LogP contribution in [0.5, 0.6) is 0 Å². The van der Waals surface area contributed by atoms with Crippen molar-refractivity contribution < 1.29 is 9.21 Å². The molecule has 1 aromatic heterocycles. The fourth-order valence-corrected chi connectivity index (χ4v) is 2.98. The van der Waals surface area contributed by atoms with E-state index in [9.17, 15) is 4.79 Å². The lowest BCUT2D eigenvalue weighted by molar-refractivity contribution is -0.121. The first-order valence-electron chi connectivity index (χ1n) is 7.92. The number of benzene rings is 2. The Morgan fingerprint density at radius 3 is 2.50 bits per heavy atom. The molecule has 0 aliphatic rings. The maximum atomic E-state index is 12.0. The molecule has 7 heteroatoms. The molecule has 3 aromatic rings. The summed E-state index contributed by atoms with van der Waals surface area (Å²) >= 11 is 17.9. The average Bonchev–Trinajstić information content (AvgIpc) is 3.08. The second-order valence-electron chi connectivity index (χ2n) is 5.65. The van der Waals surface area contributed by atoms with Crippen molar-refractivity contribution in [3.63, 3.8) is 0 Å². The van der Waals surface area contributed by atoms with E-state index >= 15 is 0 Å². The SMILES string of the molecule is O=C(CCc1ncc(-c2ccc(Cl)cc2Cl)o1)NCc1ccc(Cl)cc1. The Balaban J connectivity index is 1.52. The van der Waals surface area contributed by atoms with Gasteiger partial charge in [-0.05, 0) is 35.9 Å². The van der Waals surface area contributed by atoms with E-state index in [1.807, 2.05) is 12.1 Å². The zero-order chi connectivity index (χ0) is 18.5. The van der Waals surface area contributed by atoms with Gasteiger partial charge in [-0.15, -0.1) is 0 Å². The van der Waals surface area contributed by atoms with Gasteiger partial charge in [0.1, 0.15) is 0 Å². The summed E-state index contributed by atoms with van der Waals surface area (Å²) in [6, 6.07) is 12.5. The van der Waals surface area contributed by atoms with Crippen LogP contribution < -0.4 is 5.32 Å². The van der Waals surface area contributed by atoms with Gasteiger partial charge in [-0.2, -0.15) is 0 Å². The molecule has 0 aliphatic carbocycles. The monoisotopic (exact) mass is 408 g/mol. The molecule has 0 saturated heterocycles. The number of carbonyl (C=O) groups excluding carboxylic acids is 1. The Hall–Kier alpha value is -2.01. The Morgan fingerprint density at radius 2 is 1.77 bits per heavy atom. The van der Waals surface area contributed by atoms with Crippen molar-refractivity contribution >= 4 is 40.7 Å². The fourth-order valence-electron chi connectivity index (χ4n) is 2.35. The molecule has 4 nitrogen and oxygen atoms in total. The van der Waals surface area contributed by atoms with Crippen LogP contribution in [-0.2, 0) is 17.8 Å². The molecule has 1 amide bonds. The molecule has 1 N–H and O–H groups in total. The molecule has 0 saturated carbocycles. The van der Waals surface area contributed by atoms with Gasteiger partial charge in [0.15, 0.2) is 11.7 Å². The minimum Gasteiger partial charge on any atom is -0.441 e. The molecular formula is C19H15Cl3N2O2. The molecular weight excluding hydrogens is 395 g/mol. The Morgan fingerprint density at radius 1 is 1.04 bits per heavy atom. The zero-order valence-corrected chi connectivity index (χ0v) is 15.9. The first-order chi connectivity index (χ1) is 12.5. The molecule has 0 fully saturated rings. The lowest BCUT2D eigenvalue weighted by atomic mass is 10.2. The molecule has 0 bridgehead atoms. The van der Waals surface area contributed by atoms with E-state index in [2.05, 4.69) is 10.3 Å². The molecule has 2 aromatic carbocycles. The van der Waals surface area contributed by atoms with E-state index < -0.39 is 0 Å². The minimum absolute atomic E-state index is 0.0794. The average molecular weight is 410 g/mol. The van der Waals surface area contributed by atoms with Crippen molar-refractivity contribution in [2.75, 3.05) is 0 Å². The number of amides is 1. The van der Waals surface area contributed by atoms with Crippen LogP contribution in [0, 0.1) is 0 Å². The largest absolute Gasteiger partial charge is 0.441 e. The molecule has 0 atom stereocenters. The summed E-state index contributed by atoms with van der Waals surface area (Å²) in [6.45, 7) is 0.452. The third-order valence-electron chi connectivity index (χ3n) is 3.72. The quantitative estimate of drug-likeness (QED) is 0.580. The van der Waals surface area contributed by atoms with E-state index in [-0.39, 0.29) is 12.3 Å². The second-order valence-corrected chi connectivity index (χ2v) is 6.93. The zero-order valence-electron chi connectivity index (χ0n) is 13.6. The molecule has 0 radical (unpaired) electrons. The second kappa shape index (κ2) is 8.58. The summed E-state index contributed by atoms with van der Waals surface area (Å²) in [5.74, 6) is 0.945. The Kier molecular flexibility index (Phi) is 6.20. The first kappa shape index (κ1) is 18.8. The summed E-state index contributed by atoms with van der Waals surface area (Å²) in [6.07, 6.45) is 2.27. The topological polar surface area (TPSA) is 55.1 Å². The van der Waals surface area contributed by atoms with Crippen molar-refractivity contribution in [3.05, 3.63) is 75.2 Å². The van der Waals surface area contributed by atoms with Crippen molar-refractivity contribution in [1.29, 1.82) is 0 Å². The van der Waals surface area contributed by atoms with Crippen molar-refractivity contribution in [2.45, 2.75) is 19.4 Å². The number of hydrogen-bond donors (Lipinski definition) is 1. The predicted molar refractivity (Wildman–Crippen MR) is 104 cm³/mol. The summed E-state index contributed by atoms with van der Waals surface area (Å²) < 4.78 is 5.68. The maximum Gasteiger partial charge on any atom is 0.220 e. The maximum absolute atomic E-state index is 12.0. The lowest BCUT2D eigenvalue weighted by Crippen LogP contribution is -2.22. The predicted octanol–water partition coefficient (Wildman–Crippen LogP) is 5.55. The molecule has 0 aliphatic heterocycles. The van der Waals surface area contributed by atoms with Gasteiger partial charge in [0, 0.05) is 35.0 Å². The number of carbonyl (C=O) groups is 1. The minimum atomic E-state index is -0.0794. The number of halogens is 3. The first-order valence-corrected chi connectivity index (χ1v) is 9.06. The van der Waals surface area contributed by atoms with Gasteiger partial charge < -0.3 is 9.73 Å². The number of nitrogens with one attached hydrogen (secondary N) is 1. The molecule has 1 heterocycles. The van der Waals surface area contributed by atoms with E-state index in [0.717, 1.165) is 5.56 Å². The molecule has 0 spiro atoms. The molecule has 3 rings (SSSR count).